The minimum atomic E-state index is -0.864. The molecule has 10 aromatic rings. The number of hydrogen-bond acceptors (Lipinski definition) is 16. The van der Waals surface area contributed by atoms with Gasteiger partial charge < -0.3 is 35.9 Å². The van der Waals surface area contributed by atoms with Crippen molar-refractivity contribution in [3.63, 3.8) is 0 Å². The summed E-state index contributed by atoms with van der Waals surface area (Å²) in [5, 5.41) is 24.4. The molecule has 22 heteroatoms. The molecule has 2 aliphatic heterocycles. The number of hydrogen-bond donors (Lipinski definition) is 5. The molecule has 0 bridgehead atoms. The Balaban J connectivity index is 0.000000136. The maximum Gasteiger partial charge on any atom is 0.435 e. The summed E-state index contributed by atoms with van der Waals surface area (Å²) in [4.78, 5) is 58.4. The Bertz CT molecular complexity index is 3740. The van der Waals surface area contributed by atoms with Crippen LogP contribution in [0.1, 0.15) is 65.7 Å². The molecular weight excluding hydrogens is 1180 g/mol. The maximum atomic E-state index is 12.2. The van der Waals surface area contributed by atoms with Crippen molar-refractivity contribution < 1.29 is 29.0 Å². The maximum absolute atomic E-state index is 12.2. The van der Waals surface area contributed by atoms with E-state index in [0.717, 1.165) is 94.7 Å². The summed E-state index contributed by atoms with van der Waals surface area (Å²) >= 11 is 15.4. The lowest BCUT2D eigenvalue weighted by molar-refractivity contribution is 0.0522. The number of allylic oxidation sites excluding steroid dienone is 1. The van der Waals surface area contributed by atoms with Crippen LogP contribution in [0.3, 0.4) is 0 Å². The number of aromatic nitrogens is 7. The zero-order valence-corrected chi connectivity index (χ0v) is 48.3. The Hall–Kier alpha value is -7.24. The van der Waals surface area contributed by atoms with E-state index in [9.17, 15) is 14.4 Å². The first-order chi connectivity index (χ1) is 37.3. The Labute approximate surface area is 478 Å². The van der Waals surface area contributed by atoms with E-state index >= 15 is 0 Å². The van der Waals surface area contributed by atoms with Crippen molar-refractivity contribution in [2.45, 2.75) is 52.7 Å². The number of Topliss-reactive ketones (excluding diaryl/α,β-unsaturated/α-hetero) is 1. The van der Waals surface area contributed by atoms with Gasteiger partial charge >= 0.3 is 12.1 Å². The van der Waals surface area contributed by atoms with Crippen molar-refractivity contribution in [3.05, 3.63) is 163 Å². The molecule has 1 fully saturated rings. The number of nitrogens with zero attached hydrogens (tertiary/aromatic N) is 7. The van der Waals surface area contributed by atoms with Gasteiger partial charge in [0.25, 0.3) is 0 Å². The Kier molecular flexibility index (Phi) is 18.9. The monoisotopic (exact) mass is 1230 g/mol. The zero-order chi connectivity index (χ0) is 55.5. The Morgan fingerprint density at radius 1 is 0.897 bits per heavy atom. The number of aromatic carboxylic acids is 1. The summed E-state index contributed by atoms with van der Waals surface area (Å²) in [5.41, 5.74) is 12.3. The van der Waals surface area contributed by atoms with Crippen LogP contribution in [0.4, 0.5) is 27.8 Å². The predicted octanol–water partition coefficient (Wildman–Crippen LogP) is 14.4. The van der Waals surface area contributed by atoms with Crippen molar-refractivity contribution in [1.29, 1.82) is 0 Å². The van der Waals surface area contributed by atoms with Gasteiger partial charge in [-0.25, -0.2) is 29.5 Å². The van der Waals surface area contributed by atoms with Gasteiger partial charge in [0.15, 0.2) is 11.6 Å². The summed E-state index contributed by atoms with van der Waals surface area (Å²) in [5.74, 6) is 1.42. The molecule has 0 aliphatic carbocycles. The van der Waals surface area contributed by atoms with Crippen molar-refractivity contribution in [2.24, 2.45) is 10.7 Å². The molecule has 17 nitrogen and oxygen atoms in total. The summed E-state index contributed by atoms with van der Waals surface area (Å²) in [7, 11) is 0. The number of carboxylic acids is 1. The molecule has 0 amide bonds. The summed E-state index contributed by atoms with van der Waals surface area (Å²) in [6.07, 6.45) is 7.76. The lowest BCUT2D eigenvalue weighted by Crippen LogP contribution is -2.27. The molecule has 1 unspecified atom stereocenters. The lowest BCUT2D eigenvalue weighted by Gasteiger charge is -2.19. The molecule has 400 valence electrons. The normalized spacial score (nSPS) is 13.6. The SMILES string of the molecule is CC(=O)c1cc2ccc(Br)cc2[nH]1.CC(C)(C)OC(=O)n1ncc2cc(Nc3ccnc(Cl)n3)ccc21.Cc1nc(Nc2ccc(C3=CCN=C3)cc2)c2sccc2n1.NC1CCOC1.O=C(O)c1cc2ccc(Br)cc2s1. The van der Waals surface area contributed by atoms with Crippen LogP contribution in [0.15, 0.2) is 141 Å². The number of carbonyl (C=O) groups is 3. The number of ketones is 1. The Morgan fingerprint density at radius 3 is 2.32 bits per heavy atom. The number of aromatic amines is 1. The molecule has 4 aromatic carbocycles. The van der Waals surface area contributed by atoms with Gasteiger partial charge in [-0.2, -0.15) is 9.78 Å². The van der Waals surface area contributed by atoms with Gasteiger partial charge in [-0.3, -0.25) is 9.79 Å². The van der Waals surface area contributed by atoms with E-state index in [4.69, 9.17) is 31.9 Å². The first-order valence-electron chi connectivity index (χ1n) is 24.1. The van der Waals surface area contributed by atoms with E-state index in [-0.39, 0.29) is 11.1 Å². The van der Waals surface area contributed by atoms with Crippen LogP contribution < -0.4 is 16.4 Å². The van der Waals surface area contributed by atoms with E-state index in [1.54, 1.807) is 48.9 Å². The largest absolute Gasteiger partial charge is 0.477 e. The standard InChI is InChI=1S/C17H14N4S.C16H16ClN5O2.C10H8BrNO.C9H5BrO2S.C4H9NO/c1-11-19-15-7-9-22-16(15)17(20-11)21-14-4-2-12(3-5-14)13-6-8-18-10-13;1-16(2,3)24-15(23)22-12-5-4-11(8-10(12)9-19-22)20-13-6-7-18-14(17)21-13;1-6(13)9-4-7-2-3-8(11)5-10(7)12-9;10-6-2-1-5-3-8(9(11)12)13-7(5)4-6;5-4-1-2-6-3-4/h2-7,9-10H,8H2,1H3,(H,19,20,21);4-9H,1-3H3,(H,18,20,21);2-5,12H,1H3;1-4H,(H,11,12);4H,1-3,5H2. The summed E-state index contributed by atoms with van der Waals surface area (Å²) in [6.45, 7) is 11.3. The number of aryl methyl sites for hydroxylation is 1. The van der Waals surface area contributed by atoms with Crippen LogP contribution in [0.25, 0.3) is 47.7 Å². The highest BCUT2D eigenvalue weighted by Gasteiger charge is 2.20. The number of aliphatic imine (C=N–C) groups is 1. The molecule has 78 heavy (non-hydrogen) atoms. The second-order valence-electron chi connectivity index (χ2n) is 18.4. The number of ether oxygens (including phenoxy) is 2. The fraction of sp³-hybridized carbons (Fsp3) is 0.196. The van der Waals surface area contributed by atoms with Crippen LogP contribution in [-0.2, 0) is 9.47 Å². The number of H-pyrrole nitrogens is 1. The zero-order valence-electron chi connectivity index (χ0n) is 42.8. The van der Waals surface area contributed by atoms with E-state index < -0.39 is 17.7 Å². The first-order valence-corrected chi connectivity index (χ1v) is 27.8. The van der Waals surface area contributed by atoms with Crippen molar-refractivity contribution in [1.82, 2.24) is 34.7 Å². The molecule has 1 atom stereocenters. The van der Waals surface area contributed by atoms with E-state index in [0.29, 0.717) is 27.9 Å². The number of nitrogens with two attached hydrogens (primary N) is 1. The van der Waals surface area contributed by atoms with Crippen LogP contribution >= 0.6 is 66.1 Å². The molecular formula is C56H52Br2ClN11O6S2. The third kappa shape index (κ3) is 15.7. The van der Waals surface area contributed by atoms with Crippen LogP contribution in [0, 0.1) is 6.92 Å². The molecule has 2 aliphatic rings. The highest BCUT2D eigenvalue weighted by molar-refractivity contribution is 9.10. The molecule has 8 heterocycles. The smallest absolute Gasteiger partial charge is 0.435 e. The number of anilines is 4. The molecule has 6 N–H and O–H groups in total. The number of carbonyl (C=O) groups excluding carboxylic acids is 2. The van der Waals surface area contributed by atoms with Crippen LogP contribution in [0.5, 0.6) is 0 Å². The van der Waals surface area contributed by atoms with Gasteiger partial charge in [0.1, 0.15) is 22.1 Å². The van der Waals surface area contributed by atoms with E-state index in [1.165, 1.54) is 27.2 Å². The first kappa shape index (κ1) is 56.9. The molecule has 6 aromatic heterocycles. The van der Waals surface area contributed by atoms with Crippen LogP contribution in [0.2, 0.25) is 5.28 Å². The van der Waals surface area contributed by atoms with Gasteiger partial charge in [0.2, 0.25) is 5.28 Å². The van der Waals surface area contributed by atoms with E-state index in [2.05, 4.69) is 108 Å². The average molecular weight is 1230 g/mol. The number of rotatable bonds is 7. The molecule has 0 radical (unpaired) electrons. The molecule has 0 spiro atoms. The summed E-state index contributed by atoms with van der Waals surface area (Å²) in [6, 6.07) is 33.0. The van der Waals surface area contributed by atoms with Gasteiger partial charge in [-0.1, -0.05) is 62.2 Å². The number of nitrogens with one attached hydrogen (secondary N) is 3. The van der Waals surface area contributed by atoms with Gasteiger partial charge in [-0.15, -0.1) is 22.7 Å². The number of benzene rings is 4. The van der Waals surface area contributed by atoms with Crippen molar-refractivity contribution in [2.75, 3.05) is 30.4 Å². The minimum absolute atomic E-state index is 0.0623. The Morgan fingerprint density at radius 2 is 1.65 bits per heavy atom. The van der Waals surface area contributed by atoms with Crippen LogP contribution in [-0.4, -0.2) is 95.3 Å². The minimum Gasteiger partial charge on any atom is -0.477 e. The topological polar surface area (TPSA) is 238 Å². The molecule has 1 saturated heterocycles. The third-order valence-corrected chi connectivity index (χ3v) is 14.4. The van der Waals surface area contributed by atoms with Gasteiger partial charge in [0, 0.05) is 73.3 Å². The van der Waals surface area contributed by atoms with Gasteiger partial charge in [0.05, 0.1) is 40.8 Å². The second kappa shape index (κ2) is 25.9. The molecule has 0 saturated carbocycles. The van der Waals surface area contributed by atoms with E-state index in [1.807, 2.05) is 100.0 Å². The number of carboxylic acid groups (broad SMARTS) is 1. The second-order valence-corrected chi connectivity index (χ2v) is 22.6. The fourth-order valence-electron chi connectivity index (χ4n) is 7.56. The number of halogens is 3. The predicted molar refractivity (Wildman–Crippen MR) is 321 cm³/mol. The van der Waals surface area contributed by atoms with Crippen molar-refractivity contribution >= 4 is 161 Å². The summed E-state index contributed by atoms with van der Waals surface area (Å²) < 4.78 is 15.6. The quantitative estimate of drug-likeness (QED) is 0.0737. The fourth-order valence-corrected chi connectivity index (χ4v) is 10.3. The van der Waals surface area contributed by atoms with Gasteiger partial charge in [-0.05, 0) is 146 Å². The highest BCUT2D eigenvalue weighted by atomic mass is 79.9. The number of thiophene rings is 2. The van der Waals surface area contributed by atoms with Crippen molar-refractivity contribution in [3.8, 4) is 0 Å². The lowest BCUT2D eigenvalue weighted by atomic mass is 10.1. The third-order valence-electron chi connectivity index (χ3n) is 11.2. The molecule has 12 rings (SSSR count). The number of fused-ring (bicyclic) bond motifs is 4. The average Bonchev–Trinajstić information content (AvgIpc) is 4.29. The highest BCUT2D eigenvalue weighted by Crippen LogP contribution is 2.31.